The van der Waals surface area contributed by atoms with Gasteiger partial charge in [-0.05, 0) is 68.5 Å². The molecule has 0 radical (unpaired) electrons. The molecule has 0 atom stereocenters. The highest BCUT2D eigenvalue weighted by molar-refractivity contribution is 6.02. The van der Waals surface area contributed by atoms with E-state index in [0.29, 0.717) is 17.8 Å². The third kappa shape index (κ3) is 6.63. The summed E-state index contributed by atoms with van der Waals surface area (Å²) in [5, 5.41) is 8.84. The third-order valence-electron chi connectivity index (χ3n) is 6.00. The molecule has 0 aromatic heterocycles. The van der Waals surface area contributed by atoms with Crippen molar-refractivity contribution < 1.29 is 9.59 Å². The zero-order valence-electron chi connectivity index (χ0n) is 20.7. The number of carbonyl (C=O) groups excluding carboxylic acids is 2. The van der Waals surface area contributed by atoms with Crippen LogP contribution in [0.15, 0.2) is 72.8 Å². The number of nitrogens with zero attached hydrogens (tertiary/aromatic N) is 1. The van der Waals surface area contributed by atoms with E-state index in [9.17, 15) is 9.59 Å². The maximum absolute atomic E-state index is 13.3. The van der Waals surface area contributed by atoms with Gasteiger partial charge in [0.25, 0.3) is 5.91 Å². The van der Waals surface area contributed by atoms with E-state index < -0.39 is 0 Å². The zero-order chi connectivity index (χ0) is 24.8. The van der Waals surface area contributed by atoms with Crippen molar-refractivity contribution in [2.24, 2.45) is 0 Å². The number of nitrogens with one attached hydrogen (secondary N) is 3. The maximum atomic E-state index is 13.3. The lowest BCUT2D eigenvalue weighted by Gasteiger charge is -2.32. The van der Waals surface area contributed by atoms with Gasteiger partial charge in [0.1, 0.15) is 0 Å². The van der Waals surface area contributed by atoms with Crippen LogP contribution in [0.5, 0.6) is 0 Å². The number of hydrogen-bond donors (Lipinski definition) is 3. The topological polar surface area (TPSA) is 73.5 Å². The second-order valence-electron chi connectivity index (χ2n) is 9.99. The van der Waals surface area contributed by atoms with E-state index in [2.05, 4.69) is 57.2 Å². The minimum absolute atomic E-state index is 0.144. The summed E-state index contributed by atoms with van der Waals surface area (Å²) in [6, 6.07) is 23.8. The average Bonchev–Trinajstić information content (AvgIpc) is 2.83. The number of anilines is 2. The van der Waals surface area contributed by atoms with Gasteiger partial charge < -0.3 is 20.9 Å². The minimum Gasteiger partial charge on any atom is -0.366 e. The van der Waals surface area contributed by atoms with E-state index in [-0.39, 0.29) is 17.5 Å². The lowest BCUT2D eigenvalue weighted by atomic mass is 9.98. The second-order valence-corrected chi connectivity index (χ2v) is 9.99. The van der Waals surface area contributed by atoms with E-state index in [1.807, 2.05) is 51.1 Å². The molecule has 1 heterocycles. The van der Waals surface area contributed by atoms with Gasteiger partial charge in [-0.1, -0.05) is 54.6 Å². The number of benzene rings is 3. The molecule has 1 aliphatic heterocycles. The largest absolute Gasteiger partial charge is 0.366 e. The van der Waals surface area contributed by atoms with Crippen LogP contribution < -0.4 is 20.9 Å². The van der Waals surface area contributed by atoms with Crippen LogP contribution in [0.1, 0.15) is 47.8 Å². The van der Waals surface area contributed by atoms with Crippen molar-refractivity contribution >= 4 is 23.3 Å². The van der Waals surface area contributed by atoms with Gasteiger partial charge in [-0.2, -0.15) is 0 Å². The lowest BCUT2D eigenvalue weighted by molar-refractivity contribution is 0.0954. The van der Waals surface area contributed by atoms with Crippen molar-refractivity contribution in [2.75, 3.05) is 23.3 Å². The Labute approximate surface area is 207 Å². The van der Waals surface area contributed by atoms with Crippen molar-refractivity contribution in [1.82, 2.24) is 10.6 Å². The summed E-state index contributed by atoms with van der Waals surface area (Å²) in [5.74, 6) is -0.144. The van der Waals surface area contributed by atoms with Crippen LogP contribution in [0.3, 0.4) is 0 Å². The maximum Gasteiger partial charge on any atom is 0.319 e. The molecular formula is C29H34N4O2. The van der Waals surface area contributed by atoms with Gasteiger partial charge >= 0.3 is 6.03 Å². The Morgan fingerprint density at radius 1 is 0.914 bits per heavy atom. The molecule has 182 valence electrons. The predicted molar refractivity (Wildman–Crippen MR) is 142 cm³/mol. The molecule has 0 aliphatic carbocycles. The molecule has 3 aromatic rings. The molecule has 3 amide bonds. The summed E-state index contributed by atoms with van der Waals surface area (Å²) in [6.07, 6.45) is 1.68. The van der Waals surface area contributed by atoms with Gasteiger partial charge in [0.2, 0.25) is 0 Å². The van der Waals surface area contributed by atoms with E-state index in [0.717, 1.165) is 31.6 Å². The Bertz CT molecular complexity index is 1180. The van der Waals surface area contributed by atoms with Gasteiger partial charge in [-0.25, -0.2) is 4.79 Å². The van der Waals surface area contributed by atoms with Crippen LogP contribution in [-0.2, 0) is 19.4 Å². The van der Waals surface area contributed by atoms with Crippen molar-refractivity contribution in [3.05, 3.63) is 95.1 Å². The number of hydrogen-bond acceptors (Lipinski definition) is 3. The van der Waals surface area contributed by atoms with Gasteiger partial charge in [0.15, 0.2) is 0 Å². The Balaban J connectivity index is 1.55. The van der Waals surface area contributed by atoms with Crippen molar-refractivity contribution in [1.29, 1.82) is 0 Å². The smallest absolute Gasteiger partial charge is 0.319 e. The number of urea groups is 1. The van der Waals surface area contributed by atoms with Gasteiger partial charge in [-0.15, -0.1) is 0 Å². The molecule has 6 nitrogen and oxygen atoms in total. The molecule has 1 aliphatic rings. The number of rotatable bonds is 6. The number of fused-ring (bicyclic) bond motifs is 1. The monoisotopic (exact) mass is 470 g/mol. The van der Waals surface area contributed by atoms with E-state index in [1.54, 1.807) is 6.07 Å². The Morgan fingerprint density at radius 2 is 1.63 bits per heavy atom. The second kappa shape index (κ2) is 10.6. The van der Waals surface area contributed by atoms with Crippen LogP contribution in [0, 0.1) is 0 Å². The van der Waals surface area contributed by atoms with Crippen LogP contribution >= 0.6 is 0 Å². The highest BCUT2D eigenvalue weighted by Crippen LogP contribution is 2.29. The highest BCUT2D eigenvalue weighted by atomic mass is 16.2. The summed E-state index contributed by atoms with van der Waals surface area (Å²) >= 11 is 0. The highest BCUT2D eigenvalue weighted by Gasteiger charge is 2.22. The fraction of sp³-hybridized carbons (Fsp3) is 0.310. The molecule has 0 saturated carbocycles. The van der Waals surface area contributed by atoms with E-state index >= 15 is 0 Å². The quantitative estimate of drug-likeness (QED) is 0.467. The van der Waals surface area contributed by atoms with Gasteiger partial charge in [0.05, 0.1) is 5.56 Å². The molecule has 0 spiro atoms. The molecule has 0 saturated heterocycles. The Hall–Kier alpha value is -3.80. The molecule has 4 rings (SSSR count). The molecule has 0 bridgehead atoms. The van der Waals surface area contributed by atoms with Crippen molar-refractivity contribution in [2.45, 2.75) is 45.7 Å². The van der Waals surface area contributed by atoms with Gasteiger partial charge in [0, 0.05) is 36.5 Å². The molecule has 6 heteroatoms. The third-order valence-corrected chi connectivity index (χ3v) is 6.00. The average molecular weight is 471 g/mol. The fourth-order valence-corrected chi connectivity index (χ4v) is 4.34. The summed E-state index contributed by atoms with van der Waals surface area (Å²) in [7, 11) is 0. The first-order valence-corrected chi connectivity index (χ1v) is 12.2. The van der Waals surface area contributed by atoms with E-state index in [1.165, 1.54) is 16.7 Å². The Kier molecular flexibility index (Phi) is 7.39. The van der Waals surface area contributed by atoms with Crippen molar-refractivity contribution in [3.8, 4) is 0 Å². The summed E-state index contributed by atoms with van der Waals surface area (Å²) < 4.78 is 0. The standard InChI is InChI=1S/C29H34N4O2/c1-29(2,3)32-28(35)31-24-13-14-26(33-18-16-22-11-7-8-12-23(22)20-33)25(19-24)27(34)30-17-15-21-9-5-4-6-10-21/h4-14,19H,15-18,20H2,1-3H3,(H,30,34)(H2,31,32,35). The van der Waals surface area contributed by atoms with Gasteiger partial charge in [-0.3, -0.25) is 4.79 Å². The number of amides is 3. The summed E-state index contributed by atoms with van der Waals surface area (Å²) in [6.45, 7) is 7.89. The van der Waals surface area contributed by atoms with E-state index in [4.69, 9.17) is 0 Å². The van der Waals surface area contributed by atoms with Crippen LogP contribution in [0.25, 0.3) is 0 Å². The zero-order valence-corrected chi connectivity index (χ0v) is 20.7. The fourth-order valence-electron chi connectivity index (χ4n) is 4.34. The SMILES string of the molecule is CC(C)(C)NC(=O)Nc1ccc(N2CCc3ccccc3C2)c(C(=O)NCCc2ccccc2)c1. The molecule has 0 fully saturated rings. The normalized spacial score (nSPS) is 13.1. The predicted octanol–water partition coefficient (Wildman–Crippen LogP) is 5.14. The molecule has 3 N–H and O–H groups in total. The van der Waals surface area contributed by atoms with Crippen molar-refractivity contribution in [3.63, 3.8) is 0 Å². The lowest BCUT2D eigenvalue weighted by Crippen LogP contribution is -2.43. The molecule has 3 aromatic carbocycles. The number of carbonyl (C=O) groups is 2. The van der Waals surface area contributed by atoms with Crippen LogP contribution in [-0.4, -0.2) is 30.6 Å². The minimum atomic E-state index is -0.358. The first-order valence-electron chi connectivity index (χ1n) is 12.2. The molecule has 35 heavy (non-hydrogen) atoms. The molecule has 0 unspecified atom stereocenters. The first-order chi connectivity index (χ1) is 16.8. The summed E-state index contributed by atoms with van der Waals surface area (Å²) in [5.41, 5.74) is 5.47. The molecular weight excluding hydrogens is 436 g/mol. The van der Waals surface area contributed by atoms with Crippen LogP contribution in [0.4, 0.5) is 16.2 Å². The van der Waals surface area contributed by atoms with Crippen LogP contribution in [0.2, 0.25) is 0 Å². The Morgan fingerprint density at radius 3 is 2.37 bits per heavy atom. The summed E-state index contributed by atoms with van der Waals surface area (Å²) in [4.78, 5) is 28.0. The first kappa shape index (κ1) is 24.3.